The minimum absolute atomic E-state index is 0.143. The third-order valence-corrected chi connectivity index (χ3v) is 4.12. The van der Waals surface area contributed by atoms with E-state index in [1.165, 1.54) is 5.56 Å². The normalized spacial score (nSPS) is 11.3. The van der Waals surface area contributed by atoms with Crippen molar-refractivity contribution in [3.63, 3.8) is 0 Å². The van der Waals surface area contributed by atoms with E-state index >= 15 is 0 Å². The molecule has 0 fully saturated rings. The summed E-state index contributed by atoms with van der Waals surface area (Å²) in [5.41, 5.74) is 8.24. The van der Waals surface area contributed by atoms with Crippen molar-refractivity contribution < 1.29 is 4.79 Å². The maximum atomic E-state index is 12.1. The van der Waals surface area contributed by atoms with Gasteiger partial charge in [0.1, 0.15) is 6.54 Å². The van der Waals surface area contributed by atoms with Gasteiger partial charge in [-0.2, -0.15) is 5.10 Å². The van der Waals surface area contributed by atoms with Gasteiger partial charge in [0.2, 0.25) is 0 Å². The van der Waals surface area contributed by atoms with E-state index in [0.29, 0.717) is 0 Å². The average molecular weight is 319 g/mol. The summed E-state index contributed by atoms with van der Waals surface area (Å²) in [4.78, 5) is 12.1. The Morgan fingerprint density at radius 1 is 1.12 bits per heavy atom. The summed E-state index contributed by atoms with van der Waals surface area (Å²) < 4.78 is 1.92. The number of nitrogens with zero attached hydrogens (tertiary/aromatic N) is 2. The summed E-state index contributed by atoms with van der Waals surface area (Å²) in [6.45, 7) is 6.42. The molecule has 3 aromatic rings. The van der Waals surface area contributed by atoms with E-state index in [9.17, 15) is 4.79 Å². The third kappa shape index (κ3) is 3.38. The first kappa shape index (κ1) is 16.0. The van der Waals surface area contributed by atoms with Crippen LogP contribution in [0.25, 0.3) is 10.9 Å². The Balaban J connectivity index is 1.68. The lowest BCUT2D eigenvalue weighted by Crippen LogP contribution is -2.22. The minimum atomic E-state index is -0.143. The SMILES string of the molecule is Cc1cc(C)c(/C=N/NC(=O)Cn2ccc3ccccc32)c(C)c1. The van der Waals surface area contributed by atoms with Crippen molar-refractivity contribution in [2.75, 3.05) is 0 Å². The Hall–Kier alpha value is -2.88. The van der Waals surface area contributed by atoms with Gasteiger partial charge in [-0.1, -0.05) is 35.9 Å². The van der Waals surface area contributed by atoms with Crippen molar-refractivity contribution in [3.05, 3.63) is 70.9 Å². The fourth-order valence-electron chi connectivity index (χ4n) is 3.03. The number of amides is 1. The van der Waals surface area contributed by atoms with Gasteiger partial charge in [0.05, 0.1) is 6.21 Å². The molecule has 24 heavy (non-hydrogen) atoms. The number of carbonyl (C=O) groups excluding carboxylic acids is 1. The molecular formula is C20H21N3O. The Morgan fingerprint density at radius 2 is 1.83 bits per heavy atom. The molecule has 0 saturated heterocycles. The number of rotatable bonds is 4. The van der Waals surface area contributed by atoms with Gasteiger partial charge in [0.15, 0.2) is 0 Å². The Labute approximate surface area is 141 Å². The van der Waals surface area contributed by atoms with Gasteiger partial charge in [-0.15, -0.1) is 0 Å². The molecule has 0 saturated carbocycles. The van der Waals surface area contributed by atoms with E-state index in [1.807, 2.05) is 41.1 Å². The summed E-state index contributed by atoms with van der Waals surface area (Å²) in [6.07, 6.45) is 3.64. The summed E-state index contributed by atoms with van der Waals surface area (Å²) >= 11 is 0. The minimum Gasteiger partial charge on any atom is -0.338 e. The van der Waals surface area contributed by atoms with Gasteiger partial charge >= 0.3 is 0 Å². The Kier molecular flexibility index (Phi) is 4.47. The highest BCUT2D eigenvalue weighted by Crippen LogP contribution is 2.15. The fourth-order valence-corrected chi connectivity index (χ4v) is 3.03. The lowest BCUT2D eigenvalue weighted by molar-refractivity contribution is -0.121. The highest BCUT2D eigenvalue weighted by Gasteiger charge is 2.05. The zero-order valence-electron chi connectivity index (χ0n) is 14.2. The zero-order valence-corrected chi connectivity index (χ0v) is 14.2. The lowest BCUT2D eigenvalue weighted by atomic mass is 10.0. The summed E-state index contributed by atoms with van der Waals surface area (Å²) in [5.74, 6) is -0.143. The molecule has 3 rings (SSSR count). The van der Waals surface area contributed by atoms with Gasteiger partial charge < -0.3 is 4.57 Å². The quantitative estimate of drug-likeness (QED) is 0.578. The highest BCUT2D eigenvalue weighted by atomic mass is 16.2. The van der Waals surface area contributed by atoms with E-state index in [-0.39, 0.29) is 12.5 Å². The predicted molar refractivity (Wildman–Crippen MR) is 98.3 cm³/mol. The van der Waals surface area contributed by atoms with Crippen LogP contribution in [0.2, 0.25) is 0 Å². The van der Waals surface area contributed by atoms with E-state index in [0.717, 1.165) is 27.6 Å². The maximum Gasteiger partial charge on any atom is 0.259 e. The van der Waals surface area contributed by atoms with Crippen molar-refractivity contribution in [3.8, 4) is 0 Å². The number of para-hydroxylation sites is 1. The molecule has 4 heteroatoms. The number of nitrogens with one attached hydrogen (secondary N) is 1. The van der Waals surface area contributed by atoms with Gasteiger partial charge in [0, 0.05) is 17.3 Å². The van der Waals surface area contributed by atoms with Crippen molar-refractivity contribution in [1.29, 1.82) is 0 Å². The van der Waals surface area contributed by atoms with Crippen LogP contribution >= 0.6 is 0 Å². The number of carbonyl (C=O) groups is 1. The average Bonchev–Trinajstić information content (AvgIpc) is 2.93. The molecular weight excluding hydrogens is 298 g/mol. The van der Waals surface area contributed by atoms with Gasteiger partial charge in [-0.25, -0.2) is 5.43 Å². The zero-order chi connectivity index (χ0) is 17.1. The summed E-state index contributed by atoms with van der Waals surface area (Å²) in [6, 6.07) is 14.2. The highest BCUT2D eigenvalue weighted by molar-refractivity contribution is 5.86. The van der Waals surface area contributed by atoms with Crippen molar-refractivity contribution in [1.82, 2.24) is 9.99 Å². The number of hydrazone groups is 1. The molecule has 0 radical (unpaired) electrons. The van der Waals surface area contributed by atoms with Crippen LogP contribution in [0.5, 0.6) is 0 Å². The number of benzene rings is 2. The van der Waals surface area contributed by atoms with Crippen LogP contribution in [0.15, 0.2) is 53.8 Å². The van der Waals surface area contributed by atoms with Gasteiger partial charge in [-0.05, 0) is 49.4 Å². The van der Waals surface area contributed by atoms with Crippen LogP contribution in [0.4, 0.5) is 0 Å². The van der Waals surface area contributed by atoms with Crippen molar-refractivity contribution >= 4 is 23.0 Å². The Bertz CT molecular complexity index is 899. The third-order valence-electron chi connectivity index (χ3n) is 4.12. The van der Waals surface area contributed by atoms with Crippen LogP contribution in [0.3, 0.4) is 0 Å². The Morgan fingerprint density at radius 3 is 2.58 bits per heavy atom. The number of hydrogen-bond acceptors (Lipinski definition) is 2. The van der Waals surface area contributed by atoms with E-state index in [2.05, 4.69) is 43.4 Å². The molecule has 0 aliphatic carbocycles. The largest absolute Gasteiger partial charge is 0.338 e. The standard InChI is InChI=1S/C20H21N3O/c1-14-10-15(2)18(16(3)11-14)12-21-22-20(24)13-23-9-8-17-6-4-5-7-19(17)23/h4-12H,13H2,1-3H3,(H,22,24)/b21-12+. The molecule has 0 unspecified atom stereocenters. The first-order valence-corrected chi connectivity index (χ1v) is 7.98. The van der Waals surface area contributed by atoms with Crippen LogP contribution in [0.1, 0.15) is 22.3 Å². The molecule has 0 aliphatic rings. The molecule has 0 bridgehead atoms. The second-order valence-corrected chi connectivity index (χ2v) is 6.11. The molecule has 4 nitrogen and oxygen atoms in total. The van der Waals surface area contributed by atoms with E-state index < -0.39 is 0 Å². The number of hydrogen-bond donors (Lipinski definition) is 1. The number of aromatic nitrogens is 1. The fraction of sp³-hybridized carbons (Fsp3) is 0.200. The first-order chi connectivity index (χ1) is 11.5. The van der Waals surface area contributed by atoms with Crippen LogP contribution in [0, 0.1) is 20.8 Å². The molecule has 1 aromatic heterocycles. The molecule has 0 atom stereocenters. The monoisotopic (exact) mass is 319 g/mol. The summed E-state index contributed by atoms with van der Waals surface area (Å²) in [7, 11) is 0. The predicted octanol–water partition coefficient (Wildman–Crippen LogP) is 3.72. The van der Waals surface area contributed by atoms with Gasteiger partial charge in [0.25, 0.3) is 5.91 Å². The molecule has 1 heterocycles. The molecule has 1 N–H and O–H groups in total. The first-order valence-electron chi connectivity index (χ1n) is 7.98. The number of aryl methyl sites for hydroxylation is 3. The smallest absolute Gasteiger partial charge is 0.259 e. The molecule has 2 aromatic carbocycles. The van der Waals surface area contributed by atoms with Crippen LogP contribution in [-0.2, 0) is 11.3 Å². The maximum absolute atomic E-state index is 12.1. The topological polar surface area (TPSA) is 46.4 Å². The van der Waals surface area contributed by atoms with Crippen molar-refractivity contribution in [2.24, 2.45) is 5.10 Å². The second-order valence-electron chi connectivity index (χ2n) is 6.11. The number of fused-ring (bicyclic) bond motifs is 1. The molecule has 122 valence electrons. The van der Waals surface area contributed by atoms with Crippen LogP contribution < -0.4 is 5.43 Å². The second kappa shape index (κ2) is 6.71. The molecule has 0 spiro atoms. The molecule has 1 amide bonds. The van der Waals surface area contributed by atoms with Gasteiger partial charge in [-0.3, -0.25) is 4.79 Å². The molecule has 0 aliphatic heterocycles. The van der Waals surface area contributed by atoms with E-state index in [4.69, 9.17) is 0 Å². The van der Waals surface area contributed by atoms with Crippen molar-refractivity contribution in [2.45, 2.75) is 27.3 Å². The van der Waals surface area contributed by atoms with E-state index in [1.54, 1.807) is 6.21 Å². The van der Waals surface area contributed by atoms with Crippen LogP contribution in [-0.4, -0.2) is 16.7 Å². The lowest BCUT2D eigenvalue weighted by Gasteiger charge is -2.07. The summed E-state index contributed by atoms with van der Waals surface area (Å²) in [5, 5.41) is 5.24.